The van der Waals surface area contributed by atoms with E-state index in [1.807, 2.05) is 36.4 Å². The number of amides is 2. The zero-order chi connectivity index (χ0) is 24.2. The maximum atomic E-state index is 13.4. The SMILES string of the molecule is O=C1c2cccc3cccc(c23)C(=O)N1CC1CCN(S(=O)(=O)c2cccc3cccnc23)CC1. The molecule has 8 heteroatoms. The maximum absolute atomic E-state index is 13.4. The summed E-state index contributed by atoms with van der Waals surface area (Å²) >= 11 is 0. The third-order valence-electron chi connectivity index (χ3n) is 7.08. The van der Waals surface area contributed by atoms with Crippen LogP contribution in [-0.4, -0.2) is 54.1 Å². The van der Waals surface area contributed by atoms with E-state index in [1.54, 1.807) is 36.5 Å². The molecule has 1 fully saturated rings. The van der Waals surface area contributed by atoms with Gasteiger partial charge in [0, 0.05) is 47.7 Å². The van der Waals surface area contributed by atoms with Crippen LogP contribution in [0.4, 0.5) is 0 Å². The van der Waals surface area contributed by atoms with E-state index in [-0.39, 0.29) is 29.2 Å². The van der Waals surface area contributed by atoms with Gasteiger partial charge in [-0.05, 0) is 48.4 Å². The van der Waals surface area contributed by atoms with Gasteiger partial charge in [0.05, 0.1) is 5.52 Å². The summed E-state index contributed by atoms with van der Waals surface area (Å²) in [6.07, 6.45) is 2.74. The van der Waals surface area contributed by atoms with Crippen molar-refractivity contribution in [2.75, 3.05) is 19.6 Å². The van der Waals surface area contributed by atoms with Crippen molar-refractivity contribution in [2.45, 2.75) is 17.7 Å². The second-order valence-electron chi connectivity index (χ2n) is 9.11. The highest BCUT2D eigenvalue weighted by atomic mass is 32.2. The van der Waals surface area contributed by atoms with Gasteiger partial charge in [-0.3, -0.25) is 19.5 Å². The molecule has 176 valence electrons. The van der Waals surface area contributed by atoms with Crippen LogP contribution in [0.1, 0.15) is 33.6 Å². The summed E-state index contributed by atoms with van der Waals surface area (Å²) in [5.41, 5.74) is 1.55. The fraction of sp³-hybridized carbons (Fsp3) is 0.222. The van der Waals surface area contributed by atoms with Crippen molar-refractivity contribution in [3.8, 4) is 0 Å². The molecule has 0 aliphatic carbocycles. The Morgan fingerprint density at radius 3 is 2.09 bits per heavy atom. The molecule has 0 atom stereocenters. The maximum Gasteiger partial charge on any atom is 0.261 e. The lowest BCUT2D eigenvalue weighted by molar-refractivity contribution is 0.0567. The Morgan fingerprint density at radius 2 is 1.40 bits per heavy atom. The molecule has 35 heavy (non-hydrogen) atoms. The number of carbonyl (C=O) groups excluding carboxylic acids is 2. The minimum atomic E-state index is -3.71. The summed E-state index contributed by atoms with van der Waals surface area (Å²) < 4.78 is 28.3. The van der Waals surface area contributed by atoms with E-state index in [4.69, 9.17) is 0 Å². The van der Waals surface area contributed by atoms with E-state index in [2.05, 4.69) is 4.98 Å². The molecule has 2 aliphatic rings. The number of para-hydroxylation sites is 1. The number of hydrogen-bond acceptors (Lipinski definition) is 5. The zero-order valence-electron chi connectivity index (χ0n) is 18.9. The highest BCUT2D eigenvalue weighted by Gasteiger charge is 2.36. The minimum Gasteiger partial charge on any atom is -0.274 e. The first kappa shape index (κ1) is 21.9. The van der Waals surface area contributed by atoms with Crippen LogP contribution < -0.4 is 0 Å². The fourth-order valence-electron chi connectivity index (χ4n) is 5.26. The van der Waals surface area contributed by atoms with Crippen molar-refractivity contribution in [3.63, 3.8) is 0 Å². The predicted octanol–water partition coefficient (Wildman–Crippen LogP) is 4.08. The van der Waals surface area contributed by atoms with Crippen LogP contribution >= 0.6 is 0 Å². The molecule has 6 rings (SSSR count). The second-order valence-corrected chi connectivity index (χ2v) is 11.0. The summed E-state index contributed by atoms with van der Waals surface area (Å²) in [6, 6.07) is 19.8. The molecular weight excluding hydrogens is 462 g/mol. The highest BCUT2D eigenvalue weighted by Crippen LogP contribution is 2.32. The number of carbonyl (C=O) groups is 2. The average Bonchev–Trinajstić information content (AvgIpc) is 2.89. The molecule has 4 aromatic rings. The third-order valence-corrected chi connectivity index (χ3v) is 9.01. The van der Waals surface area contributed by atoms with Gasteiger partial charge in [0.25, 0.3) is 11.8 Å². The van der Waals surface area contributed by atoms with Crippen LogP contribution in [0.15, 0.2) is 77.8 Å². The number of aromatic nitrogens is 1. The topological polar surface area (TPSA) is 87.7 Å². The summed E-state index contributed by atoms with van der Waals surface area (Å²) in [4.78, 5) is 32.3. The van der Waals surface area contributed by atoms with Gasteiger partial charge in [0.1, 0.15) is 4.90 Å². The molecule has 0 radical (unpaired) electrons. The molecule has 0 N–H and O–H groups in total. The fourth-order valence-corrected chi connectivity index (χ4v) is 6.90. The molecule has 1 saturated heterocycles. The summed E-state index contributed by atoms with van der Waals surface area (Å²) in [5, 5.41) is 2.37. The third kappa shape index (κ3) is 3.52. The second kappa shape index (κ2) is 8.25. The van der Waals surface area contributed by atoms with Crippen LogP contribution in [0, 0.1) is 5.92 Å². The van der Waals surface area contributed by atoms with Gasteiger partial charge in [-0.2, -0.15) is 4.31 Å². The molecule has 0 saturated carbocycles. The van der Waals surface area contributed by atoms with Crippen molar-refractivity contribution >= 4 is 43.5 Å². The Balaban J connectivity index is 1.20. The number of hydrogen-bond donors (Lipinski definition) is 0. The smallest absolute Gasteiger partial charge is 0.261 e. The molecular formula is C27H23N3O4S. The van der Waals surface area contributed by atoms with Crippen molar-refractivity contribution in [1.29, 1.82) is 0 Å². The summed E-state index contributed by atoms with van der Waals surface area (Å²) in [5.74, 6) is -0.531. The Bertz CT molecular complexity index is 1550. The number of piperidine rings is 1. The number of pyridine rings is 1. The van der Waals surface area contributed by atoms with Gasteiger partial charge < -0.3 is 0 Å². The van der Waals surface area contributed by atoms with Crippen LogP contribution in [0.2, 0.25) is 0 Å². The number of sulfonamides is 1. The number of imide groups is 1. The normalized spacial score (nSPS) is 17.4. The Labute approximate surface area is 203 Å². The van der Waals surface area contributed by atoms with Gasteiger partial charge >= 0.3 is 0 Å². The molecule has 0 unspecified atom stereocenters. The van der Waals surface area contributed by atoms with E-state index in [0.717, 1.165) is 10.8 Å². The largest absolute Gasteiger partial charge is 0.274 e. The van der Waals surface area contributed by atoms with Gasteiger partial charge in [-0.1, -0.05) is 42.5 Å². The first-order valence-electron chi connectivity index (χ1n) is 11.7. The number of rotatable bonds is 4. The van der Waals surface area contributed by atoms with Crippen LogP contribution in [0.3, 0.4) is 0 Å². The van der Waals surface area contributed by atoms with E-state index < -0.39 is 10.0 Å². The number of nitrogens with zero attached hydrogens (tertiary/aromatic N) is 3. The predicted molar refractivity (Wildman–Crippen MR) is 133 cm³/mol. The van der Waals surface area contributed by atoms with Crippen molar-refractivity contribution in [2.24, 2.45) is 5.92 Å². The monoisotopic (exact) mass is 485 g/mol. The molecule has 7 nitrogen and oxygen atoms in total. The average molecular weight is 486 g/mol. The van der Waals surface area contributed by atoms with Gasteiger partial charge in [0.2, 0.25) is 10.0 Å². The van der Waals surface area contributed by atoms with Crippen molar-refractivity contribution in [1.82, 2.24) is 14.2 Å². The zero-order valence-corrected chi connectivity index (χ0v) is 19.7. The lowest BCUT2D eigenvalue weighted by Gasteiger charge is -2.35. The first-order valence-corrected chi connectivity index (χ1v) is 13.1. The molecule has 0 bridgehead atoms. The van der Waals surface area contributed by atoms with E-state index in [9.17, 15) is 18.0 Å². The Hall–Kier alpha value is -3.62. The van der Waals surface area contributed by atoms with E-state index in [0.29, 0.717) is 48.0 Å². The molecule has 3 heterocycles. The molecule has 2 amide bonds. The molecule has 1 aromatic heterocycles. The van der Waals surface area contributed by atoms with E-state index >= 15 is 0 Å². The van der Waals surface area contributed by atoms with E-state index in [1.165, 1.54) is 9.21 Å². The van der Waals surface area contributed by atoms with Crippen LogP contribution in [-0.2, 0) is 10.0 Å². The Kier molecular flexibility index (Phi) is 5.16. The van der Waals surface area contributed by atoms with Gasteiger partial charge in [-0.15, -0.1) is 0 Å². The lowest BCUT2D eigenvalue weighted by Crippen LogP contribution is -2.46. The molecule has 2 aliphatic heterocycles. The molecule has 3 aromatic carbocycles. The first-order chi connectivity index (χ1) is 16.9. The highest BCUT2D eigenvalue weighted by molar-refractivity contribution is 7.89. The Morgan fingerprint density at radius 1 is 0.800 bits per heavy atom. The van der Waals surface area contributed by atoms with Gasteiger partial charge in [0.15, 0.2) is 0 Å². The molecule has 0 spiro atoms. The minimum absolute atomic E-state index is 0.0319. The standard InChI is InChI=1S/C27H23N3O4S/c31-26-21-9-1-5-19-6-2-10-22(24(19)21)27(32)30(26)17-18-12-15-29(16-13-18)35(33,34)23-11-3-7-20-8-4-14-28-25(20)23/h1-11,14,18H,12-13,15-17H2. The number of benzene rings is 3. The van der Waals surface area contributed by atoms with Gasteiger partial charge in [-0.25, -0.2) is 8.42 Å². The lowest BCUT2D eigenvalue weighted by atomic mass is 9.92. The summed E-state index contributed by atoms with van der Waals surface area (Å²) in [6.45, 7) is 0.948. The van der Waals surface area contributed by atoms with Crippen molar-refractivity contribution in [3.05, 3.63) is 84.1 Å². The number of fused-ring (bicyclic) bond motifs is 1. The van der Waals surface area contributed by atoms with Crippen LogP contribution in [0.5, 0.6) is 0 Å². The van der Waals surface area contributed by atoms with Crippen molar-refractivity contribution < 1.29 is 18.0 Å². The van der Waals surface area contributed by atoms with Crippen LogP contribution in [0.25, 0.3) is 21.7 Å². The summed E-state index contributed by atoms with van der Waals surface area (Å²) in [7, 11) is -3.71. The quantitative estimate of drug-likeness (QED) is 0.407.